The van der Waals surface area contributed by atoms with Crippen LogP contribution in [0.5, 0.6) is 11.5 Å². The summed E-state index contributed by atoms with van der Waals surface area (Å²) < 4.78 is 43.1. The van der Waals surface area contributed by atoms with Gasteiger partial charge in [0.2, 0.25) is 11.6 Å². The van der Waals surface area contributed by atoms with Crippen LogP contribution >= 0.6 is 0 Å². The van der Waals surface area contributed by atoms with Gasteiger partial charge >= 0.3 is 0 Å². The summed E-state index contributed by atoms with van der Waals surface area (Å²) in [7, 11) is 1.64. The number of ether oxygens (including phenoxy) is 3. The average molecular weight is 312 g/mol. The van der Waals surface area contributed by atoms with Crippen molar-refractivity contribution >= 4 is 0 Å². The largest absolute Gasteiger partial charge is 0.504 e. The standard InChI is InChI=1S/C17H22F2O3/c1-3-21-14-8-9-15(17(19)16(14)18)22-11-13-6-4-12(5-7-13)10-20-2/h8-10,13H,3-7,11H2,1-2H3. The molecular weight excluding hydrogens is 290 g/mol. The monoisotopic (exact) mass is 312 g/mol. The molecule has 0 aromatic heterocycles. The molecule has 0 heterocycles. The highest BCUT2D eigenvalue weighted by Gasteiger charge is 2.20. The molecule has 1 aromatic carbocycles. The fourth-order valence-corrected chi connectivity index (χ4v) is 2.60. The second kappa shape index (κ2) is 8.01. The Morgan fingerprint density at radius 1 is 1.09 bits per heavy atom. The van der Waals surface area contributed by atoms with Crippen molar-refractivity contribution < 1.29 is 23.0 Å². The van der Waals surface area contributed by atoms with Crippen molar-refractivity contribution in [2.45, 2.75) is 32.6 Å². The quantitative estimate of drug-likeness (QED) is 0.726. The minimum atomic E-state index is -0.992. The lowest BCUT2D eigenvalue weighted by molar-refractivity contribution is 0.208. The maximum absolute atomic E-state index is 13.9. The third-order valence-electron chi connectivity index (χ3n) is 3.82. The number of allylic oxidation sites excluding steroid dienone is 1. The summed E-state index contributed by atoms with van der Waals surface area (Å²) in [6, 6.07) is 2.82. The molecule has 0 amide bonds. The Morgan fingerprint density at radius 3 is 2.23 bits per heavy atom. The van der Waals surface area contributed by atoms with Crippen LogP contribution in [0.4, 0.5) is 8.78 Å². The first kappa shape index (κ1) is 16.6. The lowest BCUT2D eigenvalue weighted by Gasteiger charge is -2.23. The van der Waals surface area contributed by atoms with Crippen LogP contribution in [0.2, 0.25) is 0 Å². The molecule has 1 saturated carbocycles. The van der Waals surface area contributed by atoms with Crippen molar-refractivity contribution in [1.82, 2.24) is 0 Å². The van der Waals surface area contributed by atoms with Gasteiger partial charge in [0.1, 0.15) is 0 Å². The van der Waals surface area contributed by atoms with E-state index in [0.29, 0.717) is 12.5 Å². The molecule has 0 bridgehead atoms. The van der Waals surface area contributed by atoms with E-state index in [4.69, 9.17) is 14.2 Å². The molecule has 0 spiro atoms. The van der Waals surface area contributed by atoms with E-state index < -0.39 is 11.6 Å². The molecule has 1 aliphatic rings. The summed E-state index contributed by atoms with van der Waals surface area (Å²) in [5.74, 6) is -1.77. The van der Waals surface area contributed by atoms with E-state index in [1.165, 1.54) is 17.7 Å². The molecule has 0 aliphatic heterocycles. The number of halogens is 2. The highest BCUT2D eigenvalue weighted by Crippen LogP contribution is 2.31. The lowest BCUT2D eigenvalue weighted by Crippen LogP contribution is -2.17. The average Bonchev–Trinajstić information content (AvgIpc) is 2.53. The fourth-order valence-electron chi connectivity index (χ4n) is 2.60. The summed E-state index contributed by atoms with van der Waals surface area (Å²) in [6.45, 7) is 2.40. The van der Waals surface area contributed by atoms with Gasteiger partial charge in [-0.15, -0.1) is 0 Å². The van der Waals surface area contributed by atoms with Gasteiger partial charge in [0.05, 0.1) is 26.6 Å². The third-order valence-corrected chi connectivity index (χ3v) is 3.82. The van der Waals surface area contributed by atoms with E-state index in [0.717, 1.165) is 25.7 Å². The van der Waals surface area contributed by atoms with Gasteiger partial charge in [-0.05, 0) is 56.2 Å². The van der Waals surface area contributed by atoms with Gasteiger partial charge < -0.3 is 14.2 Å². The first-order valence-electron chi connectivity index (χ1n) is 7.60. The smallest absolute Gasteiger partial charge is 0.204 e. The first-order chi connectivity index (χ1) is 10.7. The van der Waals surface area contributed by atoms with Crippen molar-refractivity contribution in [1.29, 1.82) is 0 Å². The van der Waals surface area contributed by atoms with Gasteiger partial charge in [-0.25, -0.2) is 0 Å². The van der Waals surface area contributed by atoms with Gasteiger partial charge in [-0.1, -0.05) is 0 Å². The van der Waals surface area contributed by atoms with E-state index in [9.17, 15) is 8.78 Å². The molecule has 122 valence electrons. The van der Waals surface area contributed by atoms with Crippen LogP contribution in [0.25, 0.3) is 0 Å². The van der Waals surface area contributed by atoms with E-state index in [1.54, 1.807) is 20.3 Å². The Hall–Kier alpha value is -1.78. The summed E-state index contributed by atoms with van der Waals surface area (Å²) in [6.07, 6.45) is 5.65. The summed E-state index contributed by atoms with van der Waals surface area (Å²) >= 11 is 0. The Morgan fingerprint density at radius 2 is 1.68 bits per heavy atom. The molecule has 0 unspecified atom stereocenters. The van der Waals surface area contributed by atoms with Gasteiger partial charge in [0.25, 0.3) is 0 Å². The topological polar surface area (TPSA) is 27.7 Å². The van der Waals surface area contributed by atoms with Gasteiger partial charge in [-0.2, -0.15) is 8.78 Å². The maximum Gasteiger partial charge on any atom is 0.204 e. The first-order valence-corrected chi connectivity index (χ1v) is 7.60. The number of hydrogen-bond acceptors (Lipinski definition) is 3. The lowest BCUT2D eigenvalue weighted by atomic mass is 9.87. The van der Waals surface area contributed by atoms with Crippen molar-refractivity contribution in [3.8, 4) is 11.5 Å². The van der Waals surface area contributed by atoms with Crippen LogP contribution in [-0.2, 0) is 4.74 Å². The normalized spacial score (nSPS) is 18.0. The molecule has 0 saturated heterocycles. The SMILES string of the molecule is CCOc1ccc(OCC2CCC(=COC)CC2)c(F)c1F. The number of rotatable bonds is 6. The van der Waals surface area contributed by atoms with E-state index in [1.807, 2.05) is 0 Å². The molecule has 5 heteroatoms. The highest BCUT2D eigenvalue weighted by atomic mass is 19.2. The summed E-state index contributed by atoms with van der Waals surface area (Å²) in [5.41, 5.74) is 1.29. The second-order valence-electron chi connectivity index (χ2n) is 5.39. The predicted octanol–water partition coefficient (Wildman–Crippen LogP) is 4.46. The predicted molar refractivity (Wildman–Crippen MR) is 80.1 cm³/mol. The van der Waals surface area contributed by atoms with Gasteiger partial charge in [0.15, 0.2) is 11.5 Å². The minimum Gasteiger partial charge on any atom is -0.504 e. The molecule has 0 N–H and O–H groups in total. The second-order valence-corrected chi connectivity index (χ2v) is 5.39. The molecule has 3 nitrogen and oxygen atoms in total. The fraction of sp³-hybridized carbons (Fsp3) is 0.529. The molecule has 1 aromatic rings. The zero-order chi connectivity index (χ0) is 15.9. The Kier molecular flexibility index (Phi) is 6.04. The third kappa shape index (κ3) is 4.12. The van der Waals surface area contributed by atoms with Gasteiger partial charge in [0, 0.05) is 0 Å². The zero-order valence-corrected chi connectivity index (χ0v) is 13.0. The Balaban J connectivity index is 1.90. The van der Waals surface area contributed by atoms with E-state index >= 15 is 0 Å². The number of hydrogen-bond donors (Lipinski definition) is 0. The number of benzene rings is 1. The van der Waals surface area contributed by atoms with Gasteiger partial charge in [-0.3, -0.25) is 0 Å². The van der Waals surface area contributed by atoms with Crippen LogP contribution in [0.1, 0.15) is 32.6 Å². The summed E-state index contributed by atoms with van der Waals surface area (Å²) in [4.78, 5) is 0. The molecule has 1 aliphatic carbocycles. The molecule has 1 fully saturated rings. The van der Waals surface area contributed by atoms with Crippen LogP contribution < -0.4 is 9.47 Å². The molecule has 0 atom stereocenters. The zero-order valence-electron chi connectivity index (χ0n) is 13.0. The van der Waals surface area contributed by atoms with Crippen LogP contribution in [-0.4, -0.2) is 20.3 Å². The van der Waals surface area contributed by atoms with Crippen LogP contribution in [0, 0.1) is 17.6 Å². The van der Waals surface area contributed by atoms with Crippen LogP contribution in [0.3, 0.4) is 0 Å². The Bertz CT molecular complexity index is 519. The van der Waals surface area contributed by atoms with Crippen LogP contribution in [0.15, 0.2) is 24.0 Å². The molecular formula is C17H22F2O3. The van der Waals surface area contributed by atoms with Crippen molar-refractivity contribution in [3.63, 3.8) is 0 Å². The van der Waals surface area contributed by atoms with Crippen molar-refractivity contribution in [2.24, 2.45) is 5.92 Å². The Labute approximate surface area is 129 Å². The van der Waals surface area contributed by atoms with Crippen molar-refractivity contribution in [2.75, 3.05) is 20.3 Å². The molecule has 22 heavy (non-hydrogen) atoms. The number of methoxy groups -OCH3 is 1. The molecule has 2 rings (SSSR count). The molecule has 0 radical (unpaired) electrons. The highest BCUT2D eigenvalue weighted by molar-refractivity contribution is 5.35. The summed E-state index contributed by atoms with van der Waals surface area (Å²) in [5, 5.41) is 0. The van der Waals surface area contributed by atoms with Crippen molar-refractivity contribution in [3.05, 3.63) is 35.6 Å². The maximum atomic E-state index is 13.9. The van der Waals surface area contributed by atoms with E-state index in [-0.39, 0.29) is 18.1 Å². The minimum absolute atomic E-state index is 0.0563. The van der Waals surface area contributed by atoms with E-state index in [2.05, 4.69) is 0 Å².